The molecule has 27 heavy (non-hydrogen) atoms. The maximum Gasteiger partial charge on any atom is 0.338 e. The van der Waals surface area contributed by atoms with Crippen LogP contribution in [-0.2, 0) is 4.74 Å². The van der Waals surface area contributed by atoms with Crippen molar-refractivity contribution in [1.82, 2.24) is 15.2 Å². The van der Waals surface area contributed by atoms with E-state index in [-0.39, 0.29) is 5.97 Å². The number of hydrogen-bond donors (Lipinski definition) is 2. The zero-order valence-corrected chi connectivity index (χ0v) is 15.0. The van der Waals surface area contributed by atoms with Gasteiger partial charge in [-0.05, 0) is 43.3 Å². The lowest BCUT2D eigenvalue weighted by atomic mass is 10.2. The molecular weight excluding hydrogens is 346 g/mol. The van der Waals surface area contributed by atoms with Crippen molar-refractivity contribution in [3.05, 3.63) is 60.3 Å². The first-order valence-electron chi connectivity index (χ1n) is 8.33. The standard InChI is InChI=1S/C19H19N5O3/c1-3-27-18(25)13-7-9-14(10-8-13)22-19-23-17(12-20-24-19)21-15-5-4-6-16(11-15)26-2/h4-12H,3H2,1-2H3,(H2,21,22,23,24). The second-order valence-corrected chi connectivity index (χ2v) is 5.44. The Bertz CT molecular complexity index is 915. The predicted octanol–water partition coefficient (Wildman–Crippen LogP) is 3.54. The van der Waals surface area contributed by atoms with Gasteiger partial charge in [-0.2, -0.15) is 10.1 Å². The van der Waals surface area contributed by atoms with Crippen molar-refractivity contribution in [3.63, 3.8) is 0 Å². The molecule has 8 nitrogen and oxygen atoms in total. The van der Waals surface area contributed by atoms with Crippen LogP contribution in [0, 0.1) is 0 Å². The quantitative estimate of drug-likeness (QED) is 0.614. The Morgan fingerprint density at radius 1 is 1.07 bits per heavy atom. The molecule has 0 bridgehead atoms. The minimum absolute atomic E-state index is 0.326. The number of benzene rings is 2. The van der Waals surface area contributed by atoms with Gasteiger partial charge in [0.25, 0.3) is 0 Å². The molecule has 8 heteroatoms. The summed E-state index contributed by atoms with van der Waals surface area (Å²) in [4.78, 5) is 16.1. The van der Waals surface area contributed by atoms with Crippen LogP contribution in [0.15, 0.2) is 54.7 Å². The Morgan fingerprint density at radius 2 is 1.89 bits per heavy atom. The summed E-state index contributed by atoms with van der Waals surface area (Å²) < 4.78 is 10.2. The molecule has 0 spiro atoms. The SMILES string of the molecule is CCOC(=O)c1ccc(Nc2nncc(Nc3cccc(OC)c3)n2)cc1. The number of anilines is 4. The summed E-state index contributed by atoms with van der Waals surface area (Å²) in [6, 6.07) is 14.3. The van der Waals surface area contributed by atoms with Gasteiger partial charge in [0.15, 0.2) is 5.82 Å². The van der Waals surface area contributed by atoms with Crippen LogP contribution < -0.4 is 15.4 Å². The number of rotatable bonds is 7. The molecule has 1 heterocycles. The molecule has 3 rings (SSSR count). The second-order valence-electron chi connectivity index (χ2n) is 5.44. The zero-order chi connectivity index (χ0) is 19.1. The van der Waals surface area contributed by atoms with E-state index in [4.69, 9.17) is 9.47 Å². The number of hydrogen-bond acceptors (Lipinski definition) is 8. The van der Waals surface area contributed by atoms with Gasteiger partial charge >= 0.3 is 5.97 Å². The highest BCUT2D eigenvalue weighted by atomic mass is 16.5. The van der Waals surface area contributed by atoms with Gasteiger partial charge in [0.2, 0.25) is 5.95 Å². The van der Waals surface area contributed by atoms with E-state index in [1.165, 1.54) is 6.20 Å². The Hall–Kier alpha value is -3.68. The highest BCUT2D eigenvalue weighted by Gasteiger charge is 2.07. The van der Waals surface area contributed by atoms with E-state index >= 15 is 0 Å². The molecule has 0 amide bonds. The molecule has 0 fully saturated rings. The van der Waals surface area contributed by atoms with E-state index in [1.54, 1.807) is 38.3 Å². The average Bonchev–Trinajstić information content (AvgIpc) is 2.69. The number of aromatic nitrogens is 3. The molecule has 3 aromatic rings. The van der Waals surface area contributed by atoms with E-state index in [0.717, 1.165) is 17.1 Å². The lowest BCUT2D eigenvalue weighted by Gasteiger charge is -2.09. The number of methoxy groups -OCH3 is 1. The fourth-order valence-electron chi connectivity index (χ4n) is 2.30. The summed E-state index contributed by atoms with van der Waals surface area (Å²) in [5, 5.41) is 14.1. The first-order chi connectivity index (χ1) is 13.2. The second kappa shape index (κ2) is 8.61. The molecule has 2 N–H and O–H groups in total. The number of nitrogens with one attached hydrogen (secondary N) is 2. The lowest BCUT2D eigenvalue weighted by Crippen LogP contribution is -2.05. The van der Waals surface area contributed by atoms with Crippen molar-refractivity contribution in [2.45, 2.75) is 6.92 Å². The third-order valence-electron chi connectivity index (χ3n) is 3.55. The summed E-state index contributed by atoms with van der Waals surface area (Å²) in [6.07, 6.45) is 1.52. The fraction of sp³-hybridized carbons (Fsp3) is 0.158. The molecule has 1 aromatic heterocycles. The van der Waals surface area contributed by atoms with Crippen molar-refractivity contribution in [1.29, 1.82) is 0 Å². The normalized spacial score (nSPS) is 10.1. The van der Waals surface area contributed by atoms with Crippen molar-refractivity contribution in [3.8, 4) is 5.75 Å². The predicted molar refractivity (Wildman–Crippen MR) is 102 cm³/mol. The monoisotopic (exact) mass is 365 g/mol. The first kappa shape index (κ1) is 18.1. The van der Waals surface area contributed by atoms with Gasteiger partial charge in [-0.3, -0.25) is 0 Å². The van der Waals surface area contributed by atoms with E-state index < -0.39 is 0 Å². The number of carbonyl (C=O) groups excluding carboxylic acids is 1. The Morgan fingerprint density at radius 3 is 2.63 bits per heavy atom. The molecular formula is C19H19N5O3. The van der Waals surface area contributed by atoms with Crippen molar-refractivity contribution < 1.29 is 14.3 Å². The third kappa shape index (κ3) is 4.91. The summed E-state index contributed by atoms with van der Waals surface area (Å²) in [5.74, 6) is 1.24. The van der Waals surface area contributed by atoms with Gasteiger partial charge in [0.05, 0.1) is 25.5 Å². The van der Waals surface area contributed by atoms with Gasteiger partial charge in [0, 0.05) is 17.4 Å². The van der Waals surface area contributed by atoms with Crippen molar-refractivity contribution in [2.24, 2.45) is 0 Å². The number of esters is 1. The van der Waals surface area contributed by atoms with E-state index in [1.807, 2.05) is 24.3 Å². The largest absolute Gasteiger partial charge is 0.497 e. The first-order valence-corrected chi connectivity index (χ1v) is 8.33. The Labute approximate surface area is 156 Å². The molecule has 0 unspecified atom stereocenters. The maximum absolute atomic E-state index is 11.7. The van der Waals surface area contributed by atoms with E-state index in [0.29, 0.717) is 23.9 Å². The van der Waals surface area contributed by atoms with E-state index in [2.05, 4.69) is 25.8 Å². The molecule has 138 valence electrons. The minimum Gasteiger partial charge on any atom is -0.497 e. The van der Waals surface area contributed by atoms with Crippen LogP contribution in [0.5, 0.6) is 5.75 Å². The van der Waals surface area contributed by atoms with Gasteiger partial charge in [0.1, 0.15) is 5.75 Å². The van der Waals surface area contributed by atoms with Crippen molar-refractivity contribution >= 4 is 29.1 Å². The van der Waals surface area contributed by atoms with Crippen molar-refractivity contribution in [2.75, 3.05) is 24.4 Å². The summed E-state index contributed by atoms with van der Waals surface area (Å²) in [5.41, 5.74) is 2.03. The van der Waals surface area contributed by atoms with Gasteiger partial charge in [-0.25, -0.2) is 4.79 Å². The molecule has 0 saturated carbocycles. The highest BCUT2D eigenvalue weighted by Crippen LogP contribution is 2.21. The molecule has 0 saturated heterocycles. The number of nitrogens with zero attached hydrogens (tertiary/aromatic N) is 3. The smallest absolute Gasteiger partial charge is 0.338 e. The van der Waals surface area contributed by atoms with Crippen LogP contribution in [0.3, 0.4) is 0 Å². The van der Waals surface area contributed by atoms with Gasteiger partial charge in [-0.15, -0.1) is 5.10 Å². The number of ether oxygens (including phenoxy) is 2. The molecule has 0 aliphatic rings. The van der Waals surface area contributed by atoms with Crippen LogP contribution in [0.1, 0.15) is 17.3 Å². The molecule has 0 aliphatic carbocycles. The van der Waals surface area contributed by atoms with Crippen LogP contribution >= 0.6 is 0 Å². The molecule has 0 radical (unpaired) electrons. The summed E-state index contributed by atoms with van der Waals surface area (Å²) in [6.45, 7) is 2.11. The maximum atomic E-state index is 11.7. The van der Waals surface area contributed by atoms with Crippen LogP contribution in [0.25, 0.3) is 0 Å². The minimum atomic E-state index is -0.355. The molecule has 0 atom stereocenters. The highest BCUT2D eigenvalue weighted by molar-refractivity contribution is 5.89. The topological polar surface area (TPSA) is 98.3 Å². The van der Waals surface area contributed by atoms with Gasteiger partial charge in [-0.1, -0.05) is 6.07 Å². The zero-order valence-electron chi connectivity index (χ0n) is 15.0. The molecule has 0 aliphatic heterocycles. The average molecular weight is 365 g/mol. The van der Waals surface area contributed by atoms with E-state index in [9.17, 15) is 4.79 Å². The summed E-state index contributed by atoms with van der Waals surface area (Å²) >= 11 is 0. The number of carbonyl (C=O) groups is 1. The Kier molecular flexibility index (Phi) is 5.78. The Balaban J connectivity index is 1.69. The third-order valence-corrected chi connectivity index (χ3v) is 3.55. The lowest BCUT2D eigenvalue weighted by molar-refractivity contribution is 0.0526. The van der Waals surface area contributed by atoms with Crippen LogP contribution in [0.2, 0.25) is 0 Å². The summed E-state index contributed by atoms with van der Waals surface area (Å²) in [7, 11) is 1.61. The van der Waals surface area contributed by atoms with Gasteiger partial charge < -0.3 is 20.1 Å². The van der Waals surface area contributed by atoms with Crippen LogP contribution in [-0.4, -0.2) is 34.9 Å². The fourth-order valence-corrected chi connectivity index (χ4v) is 2.30. The van der Waals surface area contributed by atoms with Crippen LogP contribution in [0.4, 0.5) is 23.1 Å². The molecule has 2 aromatic carbocycles.